The molecule has 2 amide bonds. The molecule has 29 heavy (non-hydrogen) atoms. The fourth-order valence-electron chi connectivity index (χ4n) is 3.62. The van der Waals surface area contributed by atoms with Gasteiger partial charge in [-0.15, -0.1) is 21.5 Å². The van der Waals surface area contributed by atoms with Crippen molar-refractivity contribution in [1.29, 1.82) is 0 Å². The molecule has 1 saturated heterocycles. The summed E-state index contributed by atoms with van der Waals surface area (Å²) in [6, 6.07) is 10.9. The van der Waals surface area contributed by atoms with Crippen molar-refractivity contribution in [2.24, 2.45) is 0 Å². The number of fused-ring (bicyclic) bond motifs is 1. The summed E-state index contributed by atoms with van der Waals surface area (Å²) in [6.07, 6.45) is 2.19. The van der Waals surface area contributed by atoms with E-state index in [2.05, 4.69) is 10.2 Å². The van der Waals surface area contributed by atoms with Crippen molar-refractivity contribution < 1.29 is 14.3 Å². The molecule has 0 radical (unpaired) electrons. The minimum Gasteiger partial charge on any atom is -0.376 e. The fraction of sp³-hybridized carbons (Fsp3) is 0.300. The normalized spacial score (nSPS) is 18.6. The zero-order valence-corrected chi connectivity index (χ0v) is 17.1. The number of rotatable bonds is 6. The van der Waals surface area contributed by atoms with Crippen LogP contribution in [0, 0.1) is 0 Å². The summed E-state index contributed by atoms with van der Waals surface area (Å²) < 4.78 is 7.85. The third-order valence-corrected chi connectivity index (χ3v) is 6.88. The molecular formula is C20H18N4O3S2. The molecule has 0 N–H and O–H groups in total. The summed E-state index contributed by atoms with van der Waals surface area (Å²) in [7, 11) is 0. The Bertz CT molecular complexity index is 1020. The average molecular weight is 427 g/mol. The number of amides is 2. The molecule has 2 aliphatic heterocycles. The Labute approximate surface area is 175 Å². The molecule has 148 valence electrons. The van der Waals surface area contributed by atoms with Crippen LogP contribution >= 0.6 is 23.1 Å². The van der Waals surface area contributed by atoms with Crippen LogP contribution in [0.15, 0.2) is 46.9 Å². The van der Waals surface area contributed by atoms with Gasteiger partial charge in [-0.1, -0.05) is 30.0 Å². The molecule has 7 nitrogen and oxygen atoms in total. The van der Waals surface area contributed by atoms with E-state index in [4.69, 9.17) is 4.74 Å². The first-order valence-corrected chi connectivity index (χ1v) is 11.3. The highest BCUT2D eigenvalue weighted by Gasteiger charge is 2.35. The van der Waals surface area contributed by atoms with Crippen molar-refractivity contribution in [3.63, 3.8) is 0 Å². The van der Waals surface area contributed by atoms with E-state index in [9.17, 15) is 9.59 Å². The Morgan fingerprint density at radius 2 is 1.90 bits per heavy atom. The number of carbonyl (C=O) groups excluding carboxylic acids is 2. The average Bonchev–Trinajstić information content (AvgIpc) is 3.52. The number of benzene rings is 1. The molecule has 2 aromatic heterocycles. The van der Waals surface area contributed by atoms with Crippen LogP contribution in [0.5, 0.6) is 0 Å². The fourth-order valence-corrected chi connectivity index (χ4v) is 5.23. The van der Waals surface area contributed by atoms with E-state index in [0.29, 0.717) is 22.8 Å². The summed E-state index contributed by atoms with van der Waals surface area (Å²) in [5.74, 6) is 0.462. The Morgan fingerprint density at radius 1 is 1.10 bits per heavy atom. The van der Waals surface area contributed by atoms with Crippen LogP contribution < -0.4 is 0 Å². The number of hydrogen-bond donors (Lipinski definition) is 0. The molecule has 0 saturated carbocycles. The van der Waals surface area contributed by atoms with E-state index in [1.54, 1.807) is 35.6 Å². The smallest absolute Gasteiger partial charge is 0.262 e. The van der Waals surface area contributed by atoms with E-state index in [-0.39, 0.29) is 23.8 Å². The quantitative estimate of drug-likeness (QED) is 0.443. The first-order chi connectivity index (χ1) is 14.2. The van der Waals surface area contributed by atoms with Gasteiger partial charge in [-0.3, -0.25) is 19.1 Å². The molecule has 0 spiro atoms. The molecule has 2 aliphatic rings. The molecule has 1 aromatic carbocycles. The van der Waals surface area contributed by atoms with Gasteiger partial charge in [0.1, 0.15) is 0 Å². The molecule has 9 heteroatoms. The number of thioether (sulfide) groups is 1. The van der Waals surface area contributed by atoms with E-state index in [0.717, 1.165) is 30.2 Å². The van der Waals surface area contributed by atoms with Crippen LogP contribution in [0.3, 0.4) is 0 Å². The lowest BCUT2D eigenvalue weighted by atomic mass is 10.1. The maximum Gasteiger partial charge on any atom is 0.262 e. The molecule has 1 atom stereocenters. The summed E-state index contributed by atoms with van der Waals surface area (Å²) in [5.41, 5.74) is 0.913. The van der Waals surface area contributed by atoms with Crippen molar-refractivity contribution in [2.75, 3.05) is 12.5 Å². The Balaban J connectivity index is 1.39. The van der Waals surface area contributed by atoms with Crippen molar-refractivity contribution in [3.8, 4) is 10.7 Å². The highest BCUT2D eigenvalue weighted by Crippen LogP contribution is 2.31. The summed E-state index contributed by atoms with van der Waals surface area (Å²) in [6.45, 7) is 1.43. The summed E-state index contributed by atoms with van der Waals surface area (Å²) in [5, 5.41) is 11.4. The van der Waals surface area contributed by atoms with Crippen LogP contribution in [0.4, 0.5) is 0 Å². The maximum atomic E-state index is 12.6. The van der Waals surface area contributed by atoms with Gasteiger partial charge in [0.25, 0.3) is 11.8 Å². The minimum atomic E-state index is -0.262. The molecule has 4 heterocycles. The maximum absolute atomic E-state index is 12.6. The first kappa shape index (κ1) is 18.5. The van der Waals surface area contributed by atoms with Crippen LogP contribution in [0.2, 0.25) is 0 Å². The number of ether oxygens (including phenoxy) is 1. The number of carbonyl (C=O) groups is 2. The molecule has 5 rings (SSSR count). The highest BCUT2D eigenvalue weighted by molar-refractivity contribution is 7.99. The van der Waals surface area contributed by atoms with Crippen molar-refractivity contribution >= 4 is 34.9 Å². The third kappa shape index (κ3) is 3.39. The lowest BCUT2D eigenvalue weighted by Crippen LogP contribution is -2.29. The molecule has 0 aliphatic carbocycles. The van der Waals surface area contributed by atoms with Gasteiger partial charge in [0.15, 0.2) is 11.0 Å². The van der Waals surface area contributed by atoms with Gasteiger partial charge < -0.3 is 4.74 Å². The second kappa shape index (κ2) is 7.74. The molecule has 1 fully saturated rings. The molecule has 0 unspecified atom stereocenters. The molecule has 3 aromatic rings. The van der Waals surface area contributed by atoms with E-state index in [1.807, 2.05) is 22.1 Å². The first-order valence-electron chi connectivity index (χ1n) is 9.39. The van der Waals surface area contributed by atoms with Gasteiger partial charge in [0.05, 0.1) is 34.5 Å². The zero-order valence-electron chi connectivity index (χ0n) is 15.5. The lowest BCUT2D eigenvalue weighted by Gasteiger charge is -2.16. The Morgan fingerprint density at radius 3 is 2.55 bits per heavy atom. The third-order valence-electron chi connectivity index (χ3n) is 5.07. The molecule has 0 bridgehead atoms. The number of aromatic nitrogens is 3. The number of hydrogen-bond acceptors (Lipinski definition) is 7. The summed E-state index contributed by atoms with van der Waals surface area (Å²) >= 11 is 2.95. The minimum absolute atomic E-state index is 0.128. The van der Waals surface area contributed by atoms with Crippen LogP contribution in [-0.2, 0) is 11.3 Å². The van der Waals surface area contributed by atoms with Crippen molar-refractivity contribution in [2.45, 2.75) is 30.6 Å². The number of imide groups is 1. The highest BCUT2D eigenvalue weighted by atomic mass is 32.2. The monoisotopic (exact) mass is 426 g/mol. The zero-order chi connectivity index (χ0) is 19.8. The van der Waals surface area contributed by atoms with Gasteiger partial charge in [-0.25, -0.2) is 0 Å². The van der Waals surface area contributed by atoms with Crippen molar-refractivity contribution in [1.82, 2.24) is 19.7 Å². The van der Waals surface area contributed by atoms with E-state index in [1.165, 1.54) is 16.7 Å². The lowest BCUT2D eigenvalue weighted by molar-refractivity contribution is 0.0683. The Kier molecular flexibility index (Phi) is 4.94. The predicted octanol–water partition coefficient (Wildman–Crippen LogP) is 3.53. The largest absolute Gasteiger partial charge is 0.376 e. The Hall–Kier alpha value is -2.49. The number of thiophene rings is 1. The van der Waals surface area contributed by atoms with Gasteiger partial charge in [-0.05, 0) is 36.4 Å². The SMILES string of the molecule is O=C1c2ccccc2C(=O)N1CSc1nnc(-c2cccs2)n1C[C@@H]1CCCO1. The summed E-state index contributed by atoms with van der Waals surface area (Å²) in [4.78, 5) is 27.5. The second-order valence-electron chi connectivity index (χ2n) is 6.89. The standard InChI is InChI=1S/C20H18N4O3S2/c25-18-14-6-1-2-7-15(14)19(26)24(18)12-29-20-22-21-17(16-8-4-10-28-16)23(20)11-13-5-3-9-27-13/h1-2,4,6-8,10,13H,3,5,9,11-12H2/t13-/m0/s1. The van der Waals surface area contributed by atoms with Gasteiger partial charge in [-0.2, -0.15) is 0 Å². The van der Waals surface area contributed by atoms with Crippen LogP contribution in [0.25, 0.3) is 10.7 Å². The van der Waals surface area contributed by atoms with Gasteiger partial charge in [0, 0.05) is 6.61 Å². The van der Waals surface area contributed by atoms with E-state index >= 15 is 0 Å². The van der Waals surface area contributed by atoms with Crippen LogP contribution in [-0.4, -0.2) is 50.1 Å². The number of nitrogens with zero attached hydrogens (tertiary/aromatic N) is 4. The van der Waals surface area contributed by atoms with E-state index < -0.39 is 0 Å². The van der Waals surface area contributed by atoms with Crippen molar-refractivity contribution in [3.05, 3.63) is 52.9 Å². The van der Waals surface area contributed by atoms with Gasteiger partial charge >= 0.3 is 0 Å². The molecular weight excluding hydrogens is 408 g/mol. The second-order valence-corrected chi connectivity index (χ2v) is 8.75. The van der Waals surface area contributed by atoms with Gasteiger partial charge in [0.2, 0.25) is 0 Å². The van der Waals surface area contributed by atoms with Crippen LogP contribution in [0.1, 0.15) is 33.6 Å². The topological polar surface area (TPSA) is 77.3 Å². The predicted molar refractivity (Wildman–Crippen MR) is 110 cm³/mol.